The molecule has 0 fully saturated rings. The first-order valence-corrected chi connectivity index (χ1v) is 14.5. The molecule has 36 heavy (non-hydrogen) atoms. The molecule has 0 heterocycles. The molecule has 0 saturated heterocycles. The quantitative estimate of drug-likeness (QED) is 0.0715. The number of ketones is 2. The van der Waals surface area contributed by atoms with E-state index in [0.29, 0.717) is 31.7 Å². The lowest BCUT2D eigenvalue weighted by Gasteiger charge is -2.25. The van der Waals surface area contributed by atoms with Crippen LogP contribution in [0.15, 0.2) is 23.1 Å². The van der Waals surface area contributed by atoms with E-state index in [-0.39, 0.29) is 23.7 Å². The number of esters is 1. The summed E-state index contributed by atoms with van der Waals surface area (Å²) in [5.41, 5.74) is 0.595. The molecule has 6 heteroatoms. The summed E-state index contributed by atoms with van der Waals surface area (Å²) in [7, 11) is 1.76. The van der Waals surface area contributed by atoms with Crippen molar-refractivity contribution < 1.29 is 24.2 Å². The molecule has 1 aliphatic carbocycles. The van der Waals surface area contributed by atoms with Crippen molar-refractivity contribution in [2.45, 2.75) is 129 Å². The van der Waals surface area contributed by atoms with E-state index >= 15 is 0 Å². The minimum atomic E-state index is -0.594. The highest BCUT2D eigenvalue weighted by Gasteiger charge is 2.29. The third-order valence-corrected chi connectivity index (χ3v) is 6.87. The molecule has 206 valence electrons. The van der Waals surface area contributed by atoms with Crippen molar-refractivity contribution in [2.24, 2.45) is 0 Å². The lowest BCUT2D eigenvalue weighted by atomic mass is 9.93. The maximum absolute atomic E-state index is 12.4. The fourth-order valence-electron chi connectivity index (χ4n) is 4.53. The minimum Gasteiger partial charge on any atom is -0.505 e. The van der Waals surface area contributed by atoms with Gasteiger partial charge in [-0.1, -0.05) is 97.3 Å². The Hall–Kier alpha value is -2.11. The molecule has 0 saturated carbocycles. The lowest BCUT2D eigenvalue weighted by molar-refractivity contribution is -0.143. The van der Waals surface area contributed by atoms with E-state index in [1.165, 1.54) is 57.4 Å². The topological polar surface area (TPSA) is 83.9 Å². The largest absolute Gasteiger partial charge is 0.505 e. The zero-order chi connectivity index (χ0) is 26.6. The summed E-state index contributed by atoms with van der Waals surface area (Å²) < 4.78 is 5.26. The second-order valence-corrected chi connectivity index (χ2v) is 10.1. The Bertz CT molecular complexity index is 725. The van der Waals surface area contributed by atoms with Crippen molar-refractivity contribution in [1.82, 2.24) is 4.90 Å². The van der Waals surface area contributed by atoms with Crippen LogP contribution >= 0.6 is 0 Å². The number of aliphatic hydroxyl groups is 1. The standard InChI is InChI=1S/C30H51NO5/c1-4-6-8-10-11-12-13-14-15-16-17-20-25-29(34)26(24-27(32)30(25)35)31(3)22-19-21-28(33)36-23-18-9-7-5-2/h24,34H,4-23H2,1-3H3. The van der Waals surface area contributed by atoms with Crippen LogP contribution in [-0.4, -0.2) is 47.7 Å². The number of likely N-dealkylation sites (N-methyl/N-ethyl adjacent to an activating group) is 1. The lowest BCUT2D eigenvalue weighted by Crippen LogP contribution is -2.29. The van der Waals surface area contributed by atoms with Crippen LogP contribution in [0.3, 0.4) is 0 Å². The fourth-order valence-corrected chi connectivity index (χ4v) is 4.53. The van der Waals surface area contributed by atoms with Gasteiger partial charge in [-0.2, -0.15) is 0 Å². The van der Waals surface area contributed by atoms with Gasteiger partial charge in [-0.15, -0.1) is 0 Å². The number of nitrogens with zero attached hydrogens (tertiary/aromatic N) is 1. The number of carbonyl (C=O) groups is 3. The number of carbonyl (C=O) groups excluding carboxylic acids is 3. The van der Waals surface area contributed by atoms with E-state index in [2.05, 4.69) is 13.8 Å². The van der Waals surface area contributed by atoms with Crippen LogP contribution in [0.25, 0.3) is 0 Å². The predicted octanol–water partition coefficient (Wildman–Crippen LogP) is 7.37. The van der Waals surface area contributed by atoms with Crippen LogP contribution in [0, 0.1) is 0 Å². The number of ether oxygens (including phenoxy) is 1. The Morgan fingerprint density at radius 1 is 0.806 bits per heavy atom. The summed E-state index contributed by atoms with van der Waals surface area (Å²) in [6.45, 7) is 5.32. The number of aliphatic hydroxyl groups excluding tert-OH is 1. The molecular weight excluding hydrogens is 454 g/mol. The maximum Gasteiger partial charge on any atom is 0.305 e. The van der Waals surface area contributed by atoms with Crippen molar-refractivity contribution in [2.75, 3.05) is 20.2 Å². The molecule has 0 amide bonds. The average molecular weight is 506 g/mol. The summed E-state index contributed by atoms with van der Waals surface area (Å²) >= 11 is 0. The Kier molecular flexibility index (Phi) is 17.7. The summed E-state index contributed by atoms with van der Waals surface area (Å²) in [6.07, 6.45) is 20.0. The number of allylic oxidation sites excluding steroid dienone is 2. The van der Waals surface area contributed by atoms with Crippen LogP contribution in [0.4, 0.5) is 0 Å². The average Bonchev–Trinajstić information content (AvgIpc) is 2.86. The van der Waals surface area contributed by atoms with Gasteiger partial charge in [0.1, 0.15) is 5.76 Å². The second-order valence-electron chi connectivity index (χ2n) is 10.1. The molecule has 0 spiro atoms. The molecule has 0 aliphatic heterocycles. The van der Waals surface area contributed by atoms with Crippen LogP contribution in [-0.2, 0) is 19.1 Å². The highest BCUT2D eigenvalue weighted by molar-refractivity contribution is 6.48. The van der Waals surface area contributed by atoms with Crippen molar-refractivity contribution in [1.29, 1.82) is 0 Å². The molecule has 1 N–H and O–H groups in total. The Morgan fingerprint density at radius 3 is 1.92 bits per heavy atom. The van der Waals surface area contributed by atoms with Gasteiger partial charge in [-0.3, -0.25) is 14.4 Å². The van der Waals surface area contributed by atoms with Gasteiger partial charge in [0.25, 0.3) is 0 Å². The van der Waals surface area contributed by atoms with E-state index < -0.39 is 11.6 Å². The summed E-state index contributed by atoms with van der Waals surface area (Å²) in [6, 6.07) is 0. The van der Waals surface area contributed by atoms with Gasteiger partial charge in [0.15, 0.2) is 0 Å². The number of hydrogen-bond donors (Lipinski definition) is 1. The molecule has 0 aromatic carbocycles. The van der Waals surface area contributed by atoms with Crippen molar-refractivity contribution >= 4 is 17.5 Å². The van der Waals surface area contributed by atoms with Crippen molar-refractivity contribution in [3.63, 3.8) is 0 Å². The van der Waals surface area contributed by atoms with E-state index in [0.717, 1.165) is 44.9 Å². The van der Waals surface area contributed by atoms with Crippen LogP contribution in [0.1, 0.15) is 129 Å². The number of hydrogen-bond acceptors (Lipinski definition) is 6. The van der Waals surface area contributed by atoms with Gasteiger partial charge in [-0.05, 0) is 25.7 Å². The Labute approximate surface area is 219 Å². The van der Waals surface area contributed by atoms with Crippen molar-refractivity contribution in [3.8, 4) is 0 Å². The molecular formula is C30H51NO5. The smallest absolute Gasteiger partial charge is 0.305 e. The fraction of sp³-hybridized carbons (Fsp3) is 0.767. The highest BCUT2D eigenvalue weighted by Crippen LogP contribution is 2.26. The number of rotatable bonds is 22. The predicted molar refractivity (Wildman–Crippen MR) is 146 cm³/mol. The molecule has 1 rings (SSSR count). The molecule has 0 bridgehead atoms. The first-order valence-electron chi connectivity index (χ1n) is 14.5. The molecule has 0 unspecified atom stereocenters. The van der Waals surface area contributed by atoms with E-state index in [4.69, 9.17) is 4.74 Å². The monoisotopic (exact) mass is 505 g/mol. The van der Waals surface area contributed by atoms with E-state index in [1.807, 2.05) is 0 Å². The summed E-state index contributed by atoms with van der Waals surface area (Å²) in [5.74, 6) is -1.49. The third kappa shape index (κ3) is 13.3. The Balaban J connectivity index is 2.35. The SMILES string of the molecule is CCCCCCCCCCCCCC1=C(O)C(N(C)CCCC(=O)OCCCCCC)=CC(=O)C1=O. The normalized spacial score (nSPS) is 13.8. The minimum absolute atomic E-state index is 0.0901. The van der Waals surface area contributed by atoms with E-state index in [1.54, 1.807) is 11.9 Å². The molecule has 0 aromatic rings. The van der Waals surface area contributed by atoms with Crippen molar-refractivity contribution in [3.05, 3.63) is 23.1 Å². The number of Topliss-reactive ketones (excluding diaryl/α,β-unsaturated/α-hetero) is 1. The molecule has 6 nitrogen and oxygen atoms in total. The molecule has 1 aliphatic rings. The summed E-state index contributed by atoms with van der Waals surface area (Å²) in [4.78, 5) is 38.3. The number of unbranched alkanes of at least 4 members (excludes halogenated alkanes) is 13. The van der Waals surface area contributed by atoms with Gasteiger partial charge in [0.2, 0.25) is 11.6 Å². The van der Waals surface area contributed by atoms with Gasteiger partial charge in [0.05, 0.1) is 12.3 Å². The Morgan fingerprint density at radius 2 is 1.33 bits per heavy atom. The third-order valence-electron chi connectivity index (χ3n) is 6.87. The maximum atomic E-state index is 12.4. The van der Waals surface area contributed by atoms with Gasteiger partial charge >= 0.3 is 5.97 Å². The first-order chi connectivity index (χ1) is 17.4. The molecule has 0 aromatic heterocycles. The first kappa shape index (κ1) is 31.9. The zero-order valence-electron chi connectivity index (χ0n) is 23.2. The van der Waals surface area contributed by atoms with Crippen LogP contribution in [0.2, 0.25) is 0 Å². The van der Waals surface area contributed by atoms with Gasteiger partial charge < -0.3 is 14.7 Å². The van der Waals surface area contributed by atoms with Crippen LogP contribution < -0.4 is 0 Å². The second kappa shape index (κ2) is 20.0. The van der Waals surface area contributed by atoms with Crippen LogP contribution in [0.5, 0.6) is 0 Å². The zero-order valence-corrected chi connectivity index (χ0v) is 23.2. The summed E-state index contributed by atoms with van der Waals surface area (Å²) in [5, 5.41) is 10.7. The van der Waals surface area contributed by atoms with Gasteiger partial charge in [0, 0.05) is 31.7 Å². The highest BCUT2D eigenvalue weighted by atomic mass is 16.5. The molecule has 0 radical (unpaired) electrons. The molecule has 0 atom stereocenters. The van der Waals surface area contributed by atoms with Gasteiger partial charge in [-0.25, -0.2) is 0 Å². The van der Waals surface area contributed by atoms with E-state index in [9.17, 15) is 19.5 Å².